The van der Waals surface area contributed by atoms with Crippen molar-refractivity contribution >= 4 is 23.5 Å². The molecule has 2 aromatic carbocycles. The molecule has 1 amide bonds. The fourth-order valence-electron chi connectivity index (χ4n) is 2.06. The molecule has 0 bridgehead atoms. The molecule has 126 valence electrons. The van der Waals surface area contributed by atoms with Gasteiger partial charge < -0.3 is 14.8 Å². The second-order valence-electron chi connectivity index (χ2n) is 5.05. The van der Waals surface area contributed by atoms with Crippen LogP contribution < -0.4 is 10.1 Å². The summed E-state index contributed by atoms with van der Waals surface area (Å²) in [5, 5.41) is 3.31. The van der Waals surface area contributed by atoms with Gasteiger partial charge in [-0.25, -0.2) is 0 Å². The fourth-order valence-corrected chi connectivity index (χ4v) is 2.18. The third-order valence-corrected chi connectivity index (χ3v) is 3.55. The molecule has 1 N–H and O–H groups in total. The van der Waals surface area contributed by atoms with E-state index in [-0.39, 0.29) is 18.9 Å². The summed E-state index contributed by atoms with van der Waals surface area (Å²) in [7, 11) is 1.54. The maximum atomic E-state index is 11.8. The van der Waals surface area contributed by atoms with E-state index in [2.05, 4.69) is 5.32 Å². The maximum absolute atomic E-state index is 11.8. The molecule has 0 saturated heterocycles. The second kappa shape index (κ2) is 8.93. The van der Waals surface area contributed by atoms with Crippen LogP contribution in [0.15, 0.2) is 48.5 Å². The molecule has 24 heavy (non-hydrogen) atoms. The van der Waals surface area contributed by atoms with Gasteiger partial charge in [-0.15, -0.1) is 0 Å². The van der Waals surface area contributed by atoms with Crippen LogP contribution in [0, 0.1) is 0 Å². The van der Waals surface area contributed by atoms with Crippen molar-refractivity contribution in [1.29, 1.82) is 0 Å². The van der Waals surface area contributed by atoms with Gasteiger partial charge in [0.15, 0.2) is 6.61 Å². The Labute approximate surface area is 145 Å². The molecule has 2 rings (SSSR count). The first-order chi connectivity index (χ1) is 11.6. The molecule has 6 heteroatoms. The Morgan fingerprint density at radius 3 is 2.50 bits per heavy atom. The lowest BCUT2D eigenvalue weighted by Gasteiger charge is -2.09. The van der Waals surface area contributed by atoms with Gasteiger partial charge in [0.25, 0.3) is 5.91 Å². The molecule has 0 spiro atoms. The molecular weight excluding hydrogens is 330 g/mol. The highest BCUT2D eigenvalue weighted by Crippen LogP contribution is 2.18. The van der Waals surface area contributed by atoms with Gasteiger partial charge in [-0.1, -0.05) is 41.9 Å². The number of rotatable bonds is 7. The van der Waals surface area contributed by atoms with Crippen molar-refractivity contribution in [3.63, 3.8) is 0 Å². The lowest BCUT2D eigenvalue weighted by atomic mass is 10.1. The van der Waals surface area contributed by atoms with Gasteiger partial charge in [-0.2, -0.15) is 0 Å². The topological polar surface area (TPSA) is 64.6 Å². The molecule has 0 aliphatic carbocycles. The van der Waals surface area contributed by atoms with Crippen LogP contribution in [0.1, 0.15) is 11.1 Å². The highest BCUT2D eigenvalue weighted by molar-refractivity contribution is 6.30. The SMILES string of the molecule is COc1ccccc1CC(=O)OCC(=O)NCc1ccc(Cl)cc1. The number of hydrogen-bond donors (Lipinski definition) is 1. The summed E-state index contributed by atoms with van der Waals surface area (Å²) in [4.78, 5) is 23.5. The highest BCUT2D eigenvalue weighted by Gasteiger charge is 2.11. The third kappa shape index (κ3) is 5.59. The van der Waals surface area contributed by atoms with Gasteiger partial charge in [0, 0.05) is 17.1 Å². The summed E-state index contributed by atoms with van der Waals surface area (Å²) in [6, 6.07) is 14.3. The average molecular weight is 348 g/mol. The number of carbonyl (C=O) groups excluding carboxylic acids is 2. The number of hydrogen-bond acceptors (Lipinski definition) is 4. The van der Waals surface area contributed by atoms with Crippen molar-refractivity contribution in [3.05, 3.63) is 64.7 Å². The molecule has 0 atom stereocenters. The van der Waals surface area contributed by atoms with Gasteiger partial charge >= 0.3 is 5.97 Å². The number of esters is 1. The van der Waals surface area contributed by atoms with Crippen LogP contribution in [-0.4, -0.2) is 25.6 Å². The zero-order valence-electron chi connectivity index (χ0n) is 13.3. The standard InChI is InChI=1S/C18H18ClNO4/c1-23-16-5-3-2-4-14(16)10-18(22)24-12-17(21)20-11-13-6-8-15(19)9-7-13/h2-9H,10-12H2,1H3,(H,20,21). The summed E-state index contributed by atoms with van der Waals surface area (Å²) in [6.07, 6.45) is 0.0501. The Bertz CT molecular complexity index is 700. The molecule has 0 heterocycles. The maximum Gasteiger partial charge on any atom is 0.310 e. The summed E-state index contributed by atoms with van der Waals surface area (Å²) in [6.45, 7) is 0.0294. The van der Waals surface area contributed by atoms with Crippen LogP contribution >= 0.6 is 11.6 Å². The highest BCUT2D eigenvalue weighted by atomic mass is 35.5. The Morgan fingerprint density at radius 2 is 1.79 bits per heavy atom. The lowest BCUT2D eigenvalue weighted by Crippen LogP contribution is -2.28. The van der Waals surface area contributed by atoms with E-state index in [1.54, 1.807) is 24.3 Å². The van der Waals surface area contributed by atoms with Gasteiger partial charge in [-0.3, -0.25) is 9.59 Å². The average Bonchev–Trinajstić information content (AvgIpc) is 2.60. The Kier molecular flexibility index (Phi) is 6.63. The van der Waals surface area contributed by atoms with E-state index < -0.39 is 5.97 Å². The van der Waals surface area contributed by atoms with Crippen LogP contribution in [0.5, 0.6) is 5.75 Å². The van der Waals surface area contributed by atoms with Crippen LogP contribution in [0.3, 0.4) is 0 Å². The molecule has 0 aromatic heterocycles. The fraction of sp³-hybridized carbons (Fsp3) is 0.222. The number of halogens is 1. The minimum absolute atomic E-state index is 0.0501. The normalized spacial score (nSPS) is 10.1. The number of amides is 1. The van der Waals surface area contributed by atoms with Crippen molar-refractivity contribution in [2.24, 2.45) is 0 Å². The van der Waals surface area contributed by atoms with Crippen LogP contribution in [0.2, 0.25) is 5.02 Å². The van der Waals surface area contributed by atoms with Gasteiger partial charge in [-0.05, 0) is 23.8 Å². The number of carbonyl (C=O) groups is 2. The first-order valence-electron chi connectivity index (χ1n) is 7.37. The van der Waals surface area contributed by atoms with E-state index in [1.165, 1.54) is 7.11 Å². The zero-order valence-corrected chi connectivity index (χ0v) is 14.0. The molecule has 0 saturated carbocycles. The third-order valence-electron chi connectivity index (χ3n) is 3.29. The largest absolute Gasteiger partial charge is 0.496 e. The van der Waals surface area contributed by atoms with Crippen molar-refractivity contribution < 1.29 is 19.1 Å². The van der Waals surface area contributed by atoms with Gasteiger partial charge in [0.2, 0.25) is 0 Å². The van der Waals surface area contributed by atoms with Crippen LogP contribution in [0.4, 0.5) is 0 Å². The molecule has 2 aromatic rings. The summed E-state index contributed by atoms with van der Waals surface area (Å²) >= 11 is 5.79. The summed E-state index contributed by atoms with van der Waals surface area (Å²) in [5.41, 5.74) is 1.62. The molecule has 0 radical (unpaired) electrons. The first kappa shape index (κ1) is 17.8. The zero-order chi connectivity index (χ0) is 17.4. The molecule has 5 nitrogen and oxygen atoms in total. The van der Waals surface area contributed by atoms with E-state index in [0.717, 1.165) is 5.56 Å². The van der Waals surface area contributed by atoms with Crippen molar-refractivity contribution in [3.8, 4) is 5.75 Å². The Morgan fingerprint density at radius 1 is 1.08 bits per heavy atom. The molecule has 0 aliphatic rings. The van der Waals surface area contributed by atoms with E-state index >= 15 is 0 Å². The van der Waals surface area contributed by atoms with Crippen molar-refractivity contribution in [2.75, 3.05) is 13.7 Å². The Balaban J connectivity index is 1.74. The molecule has 0 fully saturated rings. The predicted octanol–water partition coefficient (Wildman–Crippen LogP) is 2.75. The second-order valence-corrected chi connectivity index (χ2v) is 5.49. The van der Waals surface area contributed by atoms with Crippen LogP contribution in [-0.2, 0) is 27.3 Å². The smallest absolute Gasteiger partial charge is 0.310 e. The number of methoxy groups -OCH3 is 1. The first-order valence-corrected chi connectivity index (χ1v) is 7.75. The van der Waals surface area contributed by atoms with E-state index in [1.807, 2.05) is 24.3 Å². The van der Waals surface area contributed by atoms with E-state index in [0.29, 0.717) is 22.9 Å². The van der Waals surface area contributed by atoms with Crippen LogP contribution in [0.25, 0.3) is 0 Å². The predicted molar refractivity (Wildman–Crippen MR) is 91.0 cm³/mol. The van der Waals surface area contributed by atoms with Crippen molar-refractivity contribution in [1.82, 2.24) is 5.32 Å². The lowest BCUT2D eigenvalue weighted by molar-refractivity contribution is -0.147. The monoisotopic (exact) mass is 347 g/mol. The summed E-state index contributed by atoms with van der Waals surface area (Å²) in [5.74, 6) is -0.235. The number of benzene rings is 2. The van der Waals surface area contributed by atoms with E-state index in [9.17, 15) is 9.59 Å². The quantitative estimate of drug-likeness (QED) is 0.782. The number of ether oxygens (including phenoxy) is 2. The number of nitrogens with one attached hydrogen (secondary N) is 1. The van der Waals surface area contributed by atoms with Crippen molar-refractivity contribution in [2.45, 2.75) is 13.0 Å². The van der Waals surface area contributed by atoms with E-state index in [4.69, 9.17) is 21.1 Å². The number of para-hydroxylation sites is 1. The van der Waals surface area contributed by atoms with Gasteiger partial charge in [0.05, 0.1) is 13.5 Å². The molecule has 0 unspecified atom stereocenters. The minimum atomic E-state index is -0.485. The summed E-state index contributed by atoms with van der Waals surface area (Å²) < 4.78 is 10.2. The molecule has 0 aliphatic heterocycles. The molecular formula is C18H18ClNO4. The Hall–Kier alpha value is -2.53. The van der Waals surface area contributed by atoms with Gasteiger partial charge in [0.1, 0.15) is 5.75 Å². The minimum Gasteiger partial charge on any atom is -0.496 e.